The summed E-state index contributed by atoms with van der Waals surface area (Å²) < 4.78 is 23.7. The Hall–Kier alpha value is -2.09. The van der Waals surface area contributed by atoms with Crippen LogP contribution in [0.15, 0.2) is 29.3 Å². The molecule has 0 atom stereocenters. The van der Waals surface area contributed by atoms with Gasteiger partial charge in [-0.1, -0.05) is 12.1 Å². The Bertz CT molecular complexity index is 832. The van der Waals surface area contributed by atoms with Crippen LogP contribution in [0.4, 0.5) is 0 Å². The average Bonchev–Trinajstić information content (AvgIpc) is 2.63. The van der Waals surface area contributed by atoms with E-state index >= 15 is 0 Å². The summed E-state index contributed by atoms with van der Waals surface area (Å²) in [5, 5.41) is 3.27. The molecule has 0 spiro atoms. The number of nitrogens with zero attached hydrogens (tertiary/aromatic N) is 3. The maximum Gasteiger partial charge on any atom is 0.253 e. The van der Waals surface area contributed by atoms with Crippen LogP contribution in [0.1, 0.15) is 36.7 Å². The molecule has 1 aliphatic heterocycles. The van der Waals surface area contributed by atoms with Gasteiger partial charge in [0, 0.05) is 45.8 Å². The number of hydrogen-bond acceptors (Lipinski definition) is 4. The quantitative estimate of drug-likeness (QED) is 0.588. The van der Waals surface area contributed by atoms with E-state index in [1.807, 2.05) is 36.1 Å². The van der Waals surface area contributed by atoms with Gasteiger partial charge in [0.05, 0.1) is 10.5 Å². The minimum absolute atomic E-state index is 0.0181. The molecule has 28 heavy (non-hydrogen) atoms. The van der Waals surface area contributed by atoms with Crippen molar-refractivity contribution in [1.82, 2.24) is 15.1 Å². The summed E-state index contributed by atoms with van der Waals surface area (Å²) in [5.74, 6) is 0.862. The largest absolute Gasteiger partial charge is 0.357 e. The third-order valence-electron chi connectivity index (χ3n) is 4.92. The van der Waals surface area contributed by atoms with Gasteiger partial charge in [-0.05, 0) is 44.9 Å². The van der Waals surface area contributed by atoms with Crippen LogP contribution in [0.2, 0.25) is 0 Å². The van der Waals surface area contributed by atoms with E-state index < -0.39 is 14.6 Å². The zero-order valence-electron chi connectivity index (χ0n) is 17.5. The Morgan fingerprint density at radius 2 is 2.04 bits per heavy atom. The van der Waals surface area contributed by atoms with Crippen molar-refractivity contribution < 1.29 is 13.2 Å². The maximum absolute atomic E-state index is 12.2. The van der Waals surface area contributed by atoms with Gasteiger partial charge in [-0.15, -0.1) is 0 Å². The van der Waals surface area contributed by atoms with Gasteiger partial charge in [-0.3, -0.25) is 9.79 Å². The predicted molar refractivity (Wildman–Crippen MR) is 114 cm³/mol. The lowest BCUT2D eigenvalue weighted by Crippen LogP contribution is -2.57. The first kappa shape index (κ1) is 22.2. The lowest BCUT2D eigenvalue weighted by molar-refractivity contribution is 0.0827. The Labute approximate surface area is 168 Å². The second kappa shape index (κ2) is 8.94. The molecular weight excluding hydrogens is 376 g/mol. The number of rotatable bonds is 5. The number of carbonyl (C=O) groups excluding carboxylic acids is 1. The van der Waals surface area contributed by atoms with Crippen LogP contribution in [-0.4, -0.2) is 80.9 Å². The molecule has 1 amide bonds. The molecule has 2 rings (SSSR count). The molecule has 0 bridgehead atoms. The molecule has 0 aliphatic carbocycles. The van der Waals surface area contributed by atoms with E-state index in [1.54, 1.807) is 32.8 Å². The number of sulfone groups is 1. The summed E-state index contributed by atoms with van der Waals surface area (Å²) in [6, 6.07) is 7.60. The summed E-state index contributed by atoms with van der Waals surface area (Å²) in [4.78, 5) is 20.4. The molecule has 1 saturated heterocycles. The van der Waals surface area contributed by atoms with Gasteiger partial charge in [0.15, 0.2) is 15.8 Å². The fourth-order valence-electron chi connectivity index (χ4n) is 3.16. The van der Waals surface area contributed by atoms with Crippen molar-refractivity contribution in [3.05, 3.63) is 35.4 Å². The molecule has 7 nitrogen and oxygen atoms in total. The van der Waals surface area contributed by atoms with Crippen LogP contribution in [0.25, 0.3) is 0 Å². The number of amides is 1. The van der Waals surface area contributed by atoms with Crippen LogP contribution in [-0.2, 0) is 16.3 Å². The molecule has 156 valence electrons. The smallest absolute Gasteiger partial charge is 0.253 e. The maximum atomic E-state index is 12.2. The fraction of sp³-hybridized carbons (Fsp3) is 0.600. The first-order valence-corrected chi connectivity index (χ1v) is 11.3. The Morgan fingerprint density at radius 1 is 1.32 bits per heavy atom. The van der Waals surface area contributed by atoms with Gasteiger partial charge in [0.2, 0.25) is 0 Å². The molecule has 1 aromatic rings. The summed E-state index contributed by atoms with van der Waals surface area (Å²) in [5.41, 5.74) is 1.72. The lowest BCUT2D eigenvalue weighted by Gasteiger charge is -2.39. The highest BCUT2D eigenvalue weighted by Crippen LogP contribution is 2.23. The summed E-state index contributed by atoms with van der Waals surface area (Å²) in [6.07, 6.45) is 0.707. The van der Waals surface area contributed by atoms with Crippen molar-refractivity contribution in [2.24, 2.45) is 4.99 Å². The van der Waals surface area contributed by atoms with Crippen LogP contribution >= 0.6 is 0 Å². The van der Waals surface area contributed by atoms with E-state index in [2.05, 4.69) is 5.32 Å². The number of aliphatic imine (C=N–C) groups is 1. The summed E-state index contributed by atoms with van der Waals surface area (Å²) >= 11 is 0. The molecule has 8 heteroatoms. The van der Waals surface area contributed by atoms with Crippen molar-refractivity contribution in [1.29, 1.82) is 0 Å². The zero-order valence-corrected chi connectivity index (χ0v) is 18.3. The van der Waals surface area contributed by atoms with Gasteiger partial charge in [-0.25, -0.2) is 8.42 Å². The van der Waals surface area contributed by atoms with E-state index in [0.29, 0.717) is 31.6 Å². The summed E-state index contributed by atoms with van der Waals surface area (Å²) in [7, 11) is 0.391. The third kappa shape index (κ3) is 5.25. The Morgan fingerprint density at radius 3 is 2.64 bits per heavy atom. The number of carbonyl (C=O) groups is 1. The SMILES string of the molecule is CCNC(=NCCc1cccc(C(=O)N(C)C)c1)N1CCS(=O)(=O)C(C)(C)C1. The number of benzene rings is 1. The fourth-order valence-corrected chi connectivity index (χ4v) is 4.53. The second-order valence-corrected chi connectivity index (χ2v) is 10.6. The third-order valence-corrected chi connectivity index (χ3v) is 7.45. The number of nitrogens with one attached hydrogen (secondary N) is 1. The van der Waals surface area contributed by atoms with Gasteiger partial charge in [0.25, 0.3) is 5.91 Å². The molecule has 1 aliphatic rings. The van der Waals surface area contributed by atoms with Crippen molar-refractivity contribution in [3.63, 3.8) is 0 Å². The van der Waals surface area contributed by atoms with Crippen molar-refractivity contribution in [3.8, 4) is 0 Å². The van der Waals surface area contributed by atoms with Gasteiger partial charge in [0.1, 0.15) is 0 Å². The van der Waals surface area contributed by atoms with Crippen molar-refractivity contribution in [2.45, 2.75) is 31.9 Å². The lowest BCUT2D eigenvalue weighted by atomic mass is 10.1. The first-order valence-electron chi connectivity index (χ1n) is 9.63. The molecule has 1 fully saturated rings. The molecule has 0 radical (unpaired) electrons. The van der Waals surface area contributed by atoms with E-state index in [0.717, 1.165) is 18.1 Å². The van der Waals surface area contributed by atoms with Gasteiger partial charge < -0.3 is 15.1 Å². The summed E-state index contributed by atoms with van der Waals surface area (Å²) in [6.45, 7) is 7.69. The molecular formula is C20H32N4O3S. The van der Waals surface area contributed by atoms with Crippen LogP contribution in [0, 0.1) is 0 Å². The minimum Gasteiger partial charge on any atom is -0.357 e. The molecule has 1 aromatic carbocycles. The van der Waals surface area contributed by atoms with Crippen molar-refractivity contribution in [2.75, 3.05) is 46.0 Å². The average molecular weight is 409 g/mol. The Balaban J connectivity index is 2.08. The van der Waals surface area contributed by atoms with Crippen LogP contribution < -0.4 is 5.32 Å². The highest BCUT2D eigenvalue weighted by atomic mass is 32.2. The van der Waals surface area contributed by atoms with E-state index in [1.165, 1.54) is 0 Å². The molecule has 0 saturated carbocycles. The normalized spacial score (nSPS) is 18.6. The van der Waals surface area contributed by atoms with E-state index in [9.17, 15) is 13.2 Å². The standard InChI is InChI=1S/C20H32N4O3S/c1-6-21-19(24-12-13-28(26,27)20(2,3)15-24)22-11-10-16-8-7-9-17(14-16)18(25)23(4)5/h7-9,14H,6,10-13,15H2,1-5H3,(H,21,22). The van der Waals surface area contributed by atoms with Crippen LogP contribution in [0.3, 0.4) is 0 Å². The zero-order chi connectivity index (χ0) is 20.9. The van der Waals surface area contributed by atoms with Gasteiger partial charge in [-0.2, -0.15) is 0 Å². The number of hydrogen-bond donors (Lipinski definition) is 1. The topological polar surface area (TPSA) is 82.1 Å². The highest BCUT2D eigenvalue weighted by Gasteiger charge is 2.40. The Kier molecular flexibility index (Phi) is 7.09. The van der Waals surface area contributed by atoms with E-state index in [4.69, 9.17) is 4.99 Å². The first-order chi connectivity index (χ1) is 13.1. The highest BCUT2D eigenvalue weighted by molar-refractivity contribution is 7.92. The molecule has 1 N–H and O–H groups in total. The monoisotopic (exact) mass is 408 g/mol. The second-order valence-electron chi connectivity index (χ2n) is 7.89. The van der Waals surface area contributed by atoms with Gasteiger partial charge >= 0.3 is 0 Å². The molecule has 1 heterocycles. The number of guanidine groups is 1. The molecule has 0 aromatic heterocycles. The van der Waals surface area contributed by atoms with Crippen molar-refractivity contribution >= 4 is 21.7 Å². The predicted octanol–water partition coefficient (Wildman–Crippen LogP) is 1.41. The minimum atomic E-state index is -3.09. The van der Waals surface area contributed by atoms with E-state index in [-0.39, 0.29) is 11.7 Å². The molecule has 0 unspecified atom stereocenters. The van der Waals surface area contributed by atoms with Crippen LogP contribution in [0.5, 0.6) is 0 Å².